The third kappa shape index (κ3) is 3.25. The van der Waals surface area contributed by atoms with Crippen LogP contribution < -0.4 is 11.2 Å². The quantitative estimate of drug-likeness (QED) is 0.286. The van der Waals surface area contributed by atoms with Crippen molar-refractivity contribution in [2.75, 3.05) is 5.73 Å². The molecule has 3 rings (SSSR count). The molecule has 0 radical (unpaired) electrons. The van der Waals surface area contributed by atoms with Crippen LogP contribution in [0, 0.1) is 0 Å². The van der Waals surface area contributed by atoms with Crippen molar-refractivity contribution in [3.63, 3.8) is 0 Å². The van der Waals surface area contributed by atoms with E-state index in [1.807, 2.05) is 0 Å². The average Bonchev–Trinajstić information content (AvgIpc) is 3.04. The number of nitrogens with zero attached hydrogens (tertiary/aromatic N) is 1. The van der Waals surface area contributed by atoms with Gasteiger partial charge in [-0.25, -0.2) is 17.9 Å². The Kier molecular flexibility index (Phi) is 4.30. The van der Waals surface area contributed by atoms with E-state index >= 15 is 0 Å². The molecule has 0 spiro atoms. The number of nitrogens with two attached hydrogens (primary N) is 1. The molecule has 0 aliphatic carbocycles. The Morgan fingerprint density at radius 1 is 1.12 bits per heavy atom. The van der Waals surface area contributed by atoms with E-state index in [9.17, 15) is 13.2 Å². The standard InChI is InChI=1S/C17H15N3O4S/c18-14-3-5-15(6-4-14)25(23,24)20-10-9-13-11-12(1-7-16(13)20)2-8-17(21)19-22/h1-11,22H,18H2,(H,19,21)/b8-2+. The van der Waals surface area contributed by atoms with E-state index < -0.39 is 15.9 Å². The van der Waals surface area contributed by atoms with Gasteiger partial charge >= 0.3 is 0 Å². The number of hydrogen-bond donors (Lipinski definition) is 3. The number of carbonyl (C=O) groups is 1. The van der Waals surface area contributed by atoms with Gasteiger partial charge in [0.05, 0.1) is 10.4 Å². The van der Waals surface area contributed by atoms with Crippen molar-refractivity contribution in [3.8, 4) is 0 Å². The van der Waals surface area contributed by atoms with E-state index in [2.05, 4.69) is 0 Å². The molecule has 0 saturated heterocycles. The molecule has 2 aromatic carbocycles. The summed E-state index contributed by atoms with van der Waals surface area (Å²) in [5.74, 6) is -0.649. The van der Waals surface area contributed by atoms with Gasteiger partial charge in [0.1, 0.15) is 0 Å². The predicted molar refractivity (Wildman–Crippen MR) is 94.3 cm³/mol. The fourth-order valence-electron chi connectivity index (χ4n) is 2.41. The number of aromatic nitrogens is 1. The van der Waals surface area contributed by atoms with Crippen LogP contribution in [0.15, 0.2) is 65.7 Å². The van der Waals surface area contributed by atoms with Crippen LogP contribution in [-0.2, 0) is 14.8 Å². The minimum absolute atomic E-state index is 0.141. The monoisotopic (exact) mass is 357 g/mol. The summed E-state index contributed by atoms with van der Waals surface area (Å²) in [6.45, 7) is 0. The topological polar surface area (TPSA) is 114 Å². The van der Waals surface area contributed by atoms with Gasteiger partial charge in [0.15, 0.2) is 0 Å². The van der Waals surface area contributed by atoms with Crippen LogP contribution >= 0.6 is 0 Å². The first-order chi connectivity index (χ1) is 11.9. The van der Waals surface area contributed by atoms with E-state index in [0.29, 0.717) is 22.2 Å². The Morgan fingerprint density at radius 2 is 1.84 bits per heavy atom. The highest BCUT2D eigenvalue weighted by atomic mass is 32.2. The maximum Gasteiger partial charge on any atom is 0.268 e. The fraction of sp³-hybridized carbons (Fsp3) is 0. The van der Waals surface area contributed by atoms with Crippen LogP contribution in [-0.4, -0.2) is 23.5 Å². The highest BCUT2D eigenvalue weighted by Crippen LogP contribution is 2.24. The molecule has 3 aromatic rings. The van der Waals surface area contributed by atoms with E-state index in [4.69, 9.17) is 10.9 Å². The third-order valence-electron chi connectivity index (χ3n) is 3.65. The number of nitrogen functional groups attached to an aromatic ring is 1. The second kappa shape index (κ2) is 6.42. The molecule has 1 aromatic heterocycles. The van der Waals surface area contributed by atoms with Gasteiger partial charge in [-0.15, -0.1) is 0 Å². The average molecular weight is 357 g/mol. The summed E-state index contributed by atoms with van der Waals surface area (Å²) in [5, 5.41) is 9.17. The Morgan fingerprint density at radius 3 is 2.52 bits per heavy atom. The van der Waals surface area contributed by atoms with Gasteiger partial charge in [-0.2, -0.15) is 0 Å². The summed E-state index contributed by atoms with van der Waals surface area (Å²) < 4.78 is 26.8. The molecule has 0 bridgehead atoms. The van der Waals surface area contributed by atoms with Crippen LogP contribution in [0.5, 0.6) is 0 Å². The zero-order valence-electron chi connectivity index (χ0n) is 13.0. The predicted octanol–water partition coefficient (Wildman–Crippen LogP) is 1.98. The van der Waals surface area contributed by atoms with Gasteiger partial charge < -0.3 is 5.73 Å². The van der Waals surface area contributed by atoms with Crippen LogP contribution in [0.1, 0.15) is 5.56 Å². The molecule has 0 fully saturated rings. The first-order valence-electron chi connectivity index (χ1n) is 7.26. The lowest BCUT2D eigenvalue weighted by Crippen LogP contribution is -2.14. The summed E-state index contributed by atoms with van der Waals surface area (Å²) in [7, 11) is -3.74. The van der Waals surface area contributed by atoms with Crippen LogP contribution in [0.25, 0.3) is 17.0 Å². The molecule has 8 heteroatoms. The van der Waals surface area contributed by atoms with E-state index in [1.165, 1.54) is 52.1 Å². The van der Waals surface area contributed by atoms with Crippen LogP contribution in [0.2, 0.25) is 0 Å². The van der Waals surface area contributed by atoms with Gasteiger partial charge in [-0.1, -0.05) is 6.07 Å². The summed E-state index contributed by atoms with van der Waals surface area (Å²) >= 11 is 0. The number of rotatable bonds is 4. The first kappa shape index (κ1) is 16.7. The normalized spacial score (nSPS) is 11.9. The van der Waals surface area contributed by atoms with Crippen molar-refractivity contribution in [1.82, 2.24) is 9.45 Å². The lowest BCUT2D eigenvalue weighted by molar-refractivity contribution is -0.124. The molecular weight excluding hydrogens is 342 g/mol. The second-order valence-electron chi connectivity index (χ2n) is 5.31. The lowest BCUT2D eigenvalue weighted by atomic mass is 10.1. The summed E-state index contributed by atoms with van der Waals surface area (Å²) in [5.41, 5.74) is 8.80. The largest absolute Gasteiger partial charge is 0.399 e. The molecule has 25 heavy (non-hydrogen) atoms. The third-order valence-corrected chi connectivity index (χ3v) is 5.36. The first-order valence-corrected chi connectivity index (χ1v) is 8.70. The Balaban J connectivity index is 2.02. The number of hydroxylamine groups is 1. The molecule has 0 unspecified atom stereocenters. The second-order valence-corrected chi connectivity index (χ2v) is 7.13. The number of carbonyl (C=O) groups excluding carboxylic acids is 1. The van der Waals surface area contributed by atoms with Crippen molar-refractivity contribution in [1.29, 1.82) is 0 Å². The number of anilines is 1. The van der Waals surface area contributed by atoms with Gasteiger partial charge in [0.25, 0.3) is 15.9 Å². The van der Waals surface area contributed by atoms with E-state index in [-0.39, 0.29) is 4.90 Å². The molecule has 4 N–H and O–H groups in total. The molecule has 0 saturated carbocycles. The van der Waals surface area contributed by atoms with Crippen molar-refractivity contribution < 1.29 is 18.4 Å². The summed E-state index contributed by atoms with van der Waals surface area (Å²) in [6.07, 6.45) is 4.16. The molecule has 0 aliphatic rings. The lowest BCUT2D eigenvalue weighted by Gasteiger charge is -2.08. The van der Waals surface area contributed by atoms with Crippen molar-refractivity contribution in [2.45, 2.75) is 4.90 Å². The van der Waals surface area contributed by atoms with Crippen molar-refractivity contribution in [3.05, 3.63) is 66.4 Å². The number of hydrogen-bond acceptors (Lipinski definition) is 5. The van der Waals surface area contributed by atoms with E-state index in [0.717, 1.165) is 0 Å². The smallest absolute Gasteiger partial charge is 0.268 e. The van der Waals surface area contributed by atoms with Gasteiger partial charge in [-0.05, 0) is 54.1 Å². The Labute approximate surface area is 144 Å². The van der Waals surface area contributed by atoms with Crippen molar-refractivity contribution >= 4 is 38.6 Å². The molecule has 0 atom stereocenters. The molecule has 7 nitrogen and oxygen atoms in total. The van der Waals surface area contributed by atoms with E-state index in [1.54, 1.807) is 24.3 Å². The molecule has 0 aliphatic heterocycles. The zero-order chi connectivity index (χ0) is 18.0. The number of fused-ring (bicyclic) bond motifs is 1. The fourth-order valence-corrected chi connectivity index (χ4v) is 3.76. The Bertz CT molecular complexity index is 1070. The Hall–Kier alpha value is -3.10. The summed E-state index contributed by atoms with van der Waals surface area (Å²) in [4.78, 5) is 11.2. The van der Waals surface area contributed by atoms with Crippen molar-refractivity contribution in [2.24, 2.45) is 0 Å². The van der Waals surface area contributed by atoms with Crippen LogP contribution in [0.4, 0.5) is 5.69 Å². The van der Waals surface area contributed by atoms with Gasteiger partial charge in [0.2, 0.25) is 0 Å². The molecule has 1 heterocycles. The van der Waals surface area contributed by atoms with Gasteiger partial charge in [-0.3, -0.25) is 10.0 Å². The SMILES string of the molecule is Nc1ccc(S(=O)(=O)n2ccc3cc(/C=C/C(=O)NO)ccc32)cc1. The number of nitrogens with one attached hydrogen (secondary N) is 1. The van der Waals surface area contributed by atoms with Crippen LogP contribution in [0.3, 0.4) is 0 Å². The maximum atomic E-state index is 12.8. The highest BCUT2D eigenvalue weighted by Gasteiger charge is 2.18. The number of amides is 1. The minimum atomic E-state index is -3.74. The molecule has 1 amide bonds. The molecular formula is C17H15N3O4S. The molecule has 128 valence electrons. The highest BCUT2D eigenvalue weighted by molar-refractivity contribution is 7.90. The number of benzene rings is 2. The maximum absolute atomic E-state index is 12.8. The zero-order valence-corrected chi connectivity index (χ0v) is 13.8. The minimum Gasteiger partial charge on any atom is -0.399 e. The van der Waals surface area contributed by atoms with Gasteiger partial charge in [0, 0.05) is 23.3 Å². The summed E-state index contributed by atoms with van der Waals surface area (Å²) in [6, 6.07) is 12.7.